The predicted octanol–water partition coefficient (Wildman–Crippen LogP) is 2.35. The van der Waals surface area contributed by atoms with Crippen molar-refractivity contribution >= 4 is 0 Å². The summed E-state index contributed by atoms with van der Waals surface area (Å²) < 4.78 is 2.23. The molecule has 0 radical (unpaired) electrons. The lowest BCUT2D eigenvalue weighted by molar-refractivity contribution is 0.540. The number of aromatic nitrogens is 2. The van der Waals surface area contributed by atoms with Crippen LogP contribution in [0.3, 0.4) is 0 Å². The molecule has 0 saturated heterocycles. The Bertz CT molecular complexity index is 316. The molecule has 1 aromatic rings. The Labute approximate surface area is 91.9 Å². The van der Waals surface area contributed by atoms with Gasteiger partial charge >= 0.3 is 0 Å². The van der Waals surface area contributed by atoms with Gasteiger partial charge in [-0.2, -0.15) is 0 Å². The van der Waals surface area contributed by atoms with E-state index in [1.54, 1.807) is 0 Å². The third-order valence-corrected chi connectivity index (χ3v) is 3.29. The van der Waals surface area contributed by atoms with Gasteiger partial charge in [0.15, 0.2) is 0 Å². The molecule has 84 valence electrons. The van der Waals surface area contributed by atoms with Gasteiger partial charge in [-0.3, -0.25) is 0 Å². The number of hydrogen-bond acceptors (Lipinski definition) is 2. The van der Waals surface area contributed by atoms with E-state index in [1.807, 2.05) is 12.5 Å². The van der Waals surface area contributed by atoms with Crippen LogP contribution in [-0.2, 0) is 6.54 Å². The Morgan fingerprint density at radius 1 is 1.60 bits per heavy atom. The van der Waals surface area contributed by atoms with E-state index in [9.17, 15) is 0 Å². The molecule has 0 aromatic carbocycles. The zero-order valence-corrected chi connectivity index (χ0v) is 9.90. The highest BCUT2D eigenvalue weighted by atomic mass is 15.1. The minimum absolute atomic E-state index is 0.505. The molecule has 1 aliphatic rings. The average Bonchev–Trinajstić information content (AvgIpc) is 2.81. The van der Waals surface area contributed by atoms with Crippen LogP contribution in [0.15, 0.2) is 12.5 Å². The standard InChI is InChI=1S/C12H21N3/c1-4-10-5-12(10)14-7-11-6-13-8-15(11)9(2)3/h6,8-10,12,14H,4-5,7H2,1-3H3. The van der Waals surface area contributed by atoms with Crippen LogP contribution >= 0.6 is 0 Å². The monoisotopic (exact) mass is 207 g/mol. The van der Waals surface area contributed by atoms with E-state index in [0.717, 1.165) is 18.5 Å². The van der Waals surface area contributed by atoms with Gasteiger partial charge in [-0.15, -0.1) is 0 Å². The molecule has 3 heteroatoms. The van der Waals surface area contributed by atoms with E-state index in [4.69, 9.17) is 0 Å². The van der Waals surface area contributed by atoms with E-state index in [1.165, 1.54) is 18.5 Å². The molecule has 1 N–H and O–H groups in total. The Hall–Kier alpha value is -0.830. The molecule has 0 amide bonds. The SMILES string of the molecule is CCC1CC1NCc1cncn1C(C)C. The van der Waals surface area contributed by atoms with Crippen molar-refractivity contribution in [1.82, 2.24) is 14.9 Å². The summed E-state index contributed by atoms with van der Waals surface area (Å²) in [5, 5.41) is 3.59. The van der Waals surface area contributed by atoms with Crippen molar-refractivity contribution in [3.63, 3.8) is 0 Å². The first-order chi connectivity index (χ1) is 7.22. The van der Waals surface area contributed by atoms with Crippen LogP contribution in [0.25, 0.3) is 0 Å². The van der Waals surface area contributed by atoms with E-state index in [0.29, 0.717) is 6.04 Å². The molecule has 2 atom stereocenters. The molecule has 3 nitrogen and oxygen atoms in total. The number of rotatable bonds is 5. The Balaban J connectivity index is 1.86. The largest absolute Gasteiger partial charge is 0.331 e. The molecule has 1 aromatic heterocycles. The summed E-state index contributed by atoms with van der Waals surface area (Å²) >= 11 is 0. The van der Waals surface area contributed by atoms with E-state index in [2.05, 4.69) is 35.6 Å². The summed E-state index contributed by atoms with van der Waals surface area (Å²) in [6.45, 7) is 7.61. The lowest BCUT2D eigenvalue weighted by Crippen LogP contribution is -2.20. The van der Waals surface area contributed by atoms with Crippen LogP contribution in [0, 0.1) is 5.92 Å². The number of nitrogens with one attached hydrogen (secondary N) is 1. The van der Waals surface area contributed by atoms with Crippen molar-refractivity contribution < 1.29 is 0 Å². The fourth-order valence-electron chi connectivity index (χ4n) is 2.12. The number of imidazole rings is 1. The number of hydrogen-bond donors (Lipinski definition) is 1. The van der Waals surface area contributed by atoms with Crippen LogP contribution in [0.1, 0.15) is 45.3 Å². The quantitative estimate of drug-likeness (QED) is 0.803. The van der Waals surface area contributed by atoms with Crippen LogP contribution < -0.4 is 5.32 Å². The molecule has 0 aliphatic heterocycles. The van der Waals surface area contributed by atoms with Gasteiger partial charge in [-0.1, -0.05) is 13.3 Å². The third kappa shape index (κ3) is 2.40. The fourth-order valence-corrected chi connectivity index (χ4v) is 2.12. The third-order valence-electron chi connectivity index (χ3n) is 3.29. The Kier molecular flexibility index (Phi) is 3.10. The molecule has 1 fully saturated rings. The highest BCUT2D eigenvalue weighted by Gasteiger charge is 2.34. The van der Waals surface area contributed by atoms with Crippen LogP contribution in [0.2, 0.25) is 0 Å². The first-order valence-corrected chi connectivity index (χ1v) is 5.96. The molecule has 0 spiro atoms. The molecule has 2 rings (SSSR count). The van der Waals surface area contributed by atoms with Crippen LogP contribution in [-0.4, -0.2) is 15.6 Å². The smallest absolute Gasteiger partial charge is 0.0951 e. The Morgan fingerprint density at radius 2 is 2.40 bits per heavy atom. The first kappa shape index (κ1) is 10.7. The first-order valence-electron chi connectivity index (χ1n) is 5.96. The zero-order valence-electron chi connectivity index (χ0n) is 9.90. The van der Waals surface area contributed by atoms with Crippen molar-refractivity contribution in [1.29, 1.82) is 0 Å². The maximum Gasteiger partial charge on any atom is 0.0951 e. The summed E-state index contributed by atoms with van der Waals surface area (Å²) in [5.41, 5.74) is 1.30. The lowest BCUT2D eigenvalue weighted by Gasteiger charge is -2.12. The molecule has 2 unspecified atom stereocenters. The van der Waals surface area contributed by atoms with Crippen LogP contribution in [0.4, 0.5) is 0 Å². The summed E-state index contributed by atoms with van der Waals surface area (Å²) in [5.74, 6) is 0.917. The molecule has 15 heavy (non-hydrogen) atoms. The van der Waals surface area contributed by atoms with Gasteiger partial charge in [-0.25, -0.2) is 4.98 Å². The Morgan fingerprint density at radius 3 is 3.00 bits per heavy atom. The van der Waals surface area contributed by atoms with Crippen molar-refractivity contribution in [3.05, 3.63) is 18.2 Å². The van der Waals surface area contributed by atoms with Crippen molar-refractivity contribution in [2.75, 3.05) is 0 Å². The van der Waals surface area contributed by atoms with Gasteiger partial charge in [0.1, 0.15) is 0 Å². The van der Waals surface area contributed by atoms with E-state index >= 15 is 0 Å². The second-order valence-corrected chi connectivity index (χ2v) is 4.78. The van der Waals surface area contributed by atoms with Gasteiger partial charge < -0.3 is 9.88 Å². The molecular formula is C12H21N3. The van der Waals surface area contributed by atoms with Gasteiger partial charge in [0.25, 0.3) is 0 Å². The highest BCUT2D eigenvalue weighted by molar-refractivity contribution is 5.02. The van der Waals surface area contributed by atoms with Gasteiger partial charge in [0.2, 0.25) is 0 Å². The molecule has 1 aliphatic carbocycles. The highest BCUT2D eigenvalue weighted by Crippen LogP contribution is 2.33. The number of nitrogens with zero attached hydrogens (tertiary/aromatic N) is 2. The van der Waals surface area contributed by atoms with Crippen molar-refractivity contribution in [2.24, 2.45) is 5.92 Å². The topological polar surface area (TPSA) is 29.9 Å². The summed E-state index contributed by atoms with van der Waals surface area (Å²) in [6.07, 6.45) is 6.55. The van der Waals surface area contributed by atoms with Crippen LogP contribution in [0.5, 0.6) is 0 Å². The maximum absolute atomic E-state index is 4.20. The van der Waals surface area contributed by atoms with E-state index < -0.39 is 0 Å². The maximum atomic E-state index is 4.20. The van der Waals surface area contributed by atoms with E-state index in [-0.39, 0.29) is 0 Å². The minimum atomic E-state index is 0.505. The molecular weight excluding hydrogens is 186 g/mol. The fraction of sp³-hybridized carbons (Fsp3) is 0.750. The lowest BCUT2D eigenvalue weighted by atomic mass is 10.3. The second kappa shape index (κ2) is 4.35. The predicted molar refractivity (Wildman–Crippen MR) is 61.6 cm³/mol. The summed E-state index contributed by atoms with van der Waals surface area (Å²) in [6, 6.07) is 1.26. The van der Waals surface area contributed by atoms with Crippen molar-refractivity contribution in [3.8, 4) is 0 Å². The minimum Gasteiger partial charge on any atom is -0.331 e. The molecule has 1 heterocycles. The summed E-state index contributed by atoms with van der Waals surface area (Å²) in [7, 11) is 0. The average molecular weight is 207 g/mol. The van der Waals surface area contributed by atoms with Crippen molar-refractivity contribution in [2.45, 2.75) is 52.2 Å². The van der Waals surface area contributed by atoms with Gasteiger partial charge in [-0.05, 0) is 26.2 Å². The zero-order chi connectivity index (χ0) is 10.8. The van der Waals surface area contributed by atoms with Gasteiger partial charge in [0.05, 0.1) is 12.0 Å². The van der Waals surface area contributed by atoms with Gasteiger partial charge in [0, 0.05) is 24.8 Å². The molecule has 1 saturated carbocycles. The summed E-state index contributed by atoms with van der Waals surface area (Å²) in [4.78, 5) is 4.20. The molecule has 0 bridgehead atoms. The normalized spacial score (nSPS) is 24.8. The second-order valence-electron chi connectivity index (χ2n) is 4.78.